The quantitative estimate of drug-likeness (QED) is 0.781. The Morgan fingerprint density at radius 1 is 1.16 bits per heavy atom. The van der Waals surface area contributed by atoms with Crippen molar-refractivity contribution in [3.63, 3.8) is 0 Å². The van der Waals surface area contributed by atoms with Gasteiger partial charge in [-0.05, 0) is 44.9 Å². The van der Waals surface area contributed by atoms with Crippen molar-refractivity contribution in [1.82, 2.24) is 4.90 Å². The van der Waals surface area contributed by atoms with E-state index in [1.54, 1.807) is 11.0 Å². The zero-order valence-electron chi connectivity index (χ0n) is 15.0. The number of carbonyl (C=O) groups is 2. The van der Waals surface area contributed by atoms with Crippen molar-refractivity contribution >= 4 is 11.7 Å². The van der Waals surface area contributed by atoms with Gasteiger partial charge in [-0.2, -0.15) is 5.26 Å². The molecule has 0 N–H and O–H groups in total. The van der Waals surface area contributed by atoms with Gasteiger partial charge in [0.25, 0.3) is 0 Å². The highest BCUT2D eigenvalue weighted by molar-refractivity contribution is 6.11. The largest absolute Gasteiger partial charge is 0.335 e. The molecule has 0 aromatic heterocycles. The molecule has 1 amide bonds. The Morgan fingerprint density at radius 3 is 2.36 bits per heavy atom. The van der Waals surface area contributed by atoms with Crippen LogP contribution in [0, 0.1) is 16.7 Å². The number of nitriles is 1. The van der Waals surface area contributed by atoms with Crippen LogP contribution in [0.15, 0.2) is 53.6 Å². The summed E-state index contributed by atoms with van der Waals surface area (Å²) in [5, 5.41) is 9.52. The van der Waals surface area contributed by atoms with Crippen LogP contribution in [0.1, 0.15) is 33.3 Å². The molecule has 1 aromatic carbocycles. The van der Waals surface area contributed by atoms with Gasteiger partial charge in [0.05, 0.1) is 11.0 Å². The van der Waals surface area contributed by atoms with Crippen LogP contribution in [0.5, 0.6) is 0 Å². The molecule has 0 bridgehead atoms. The number of fused-ring (bicyclic) bond motifs is 1. The maximum Gasteiger partial charge on any atom is 0.241 e. The average Bonchev–Trinajstić information content (AvgIpc) is 2.59. The number of amides is 1. The lowest BCUT2D eigenvalue weighted by atomic mass is 9.56. The third kappa shape index (κ3) is 2.26. The maximum atomic E-state index is 13.6. The van der Waals surface area contributed by atoms with Crippen LogP contribution in [0.25, 0.3) is 0 Å². The molecule has 1 aromatic rings. The molecule has 3 rings (SSSR count). The minimum atomic E-state index is -1.09. The molecule has 0 fully saturated rings. The SMILES string of the molecule is CC(C)N1CC=C2C(C)(C)C(=O)C(C#N)=C[C@]2(c2ccccc2)C1=O. The minimum absolute atomic E-state index is 0.0329. The second-order valence-electron chi connectivity index (χ2n) is 7.47. The summed E-state index contributed by atoms with van der Waals surface area (Å²) in [6.07, 6.45) is 3.58. The van der Waals surface area contributed by atoms with Crippen molar-refractivity contribution in [2.75, 3.05) is 6.54 Å². The lowest BCUT2D eigenvalue weighted by Gasteiger charge is -2.49. The number of Topliss-reactive ketones (excluding diaryl/α,β-unsaturated/α-hetero) is 1. The second-order valence-corrected chi connectivity index (χ2v) is 7.47. The van der Waals surface area contributed by atoms with E-state index in [1.807, 2.05) is 70.2 Å². The lowest BCUT2D eigenvalue weighted by Crippen LogP contribution is -2.58. The molecular weight excluding hydrogens is 312 g/mol. The smallest absolute Gasteiger partial charge is 0.241 e. The minimum Gasteiger partial charge on any atom is -0.335 e. The summed E-state index contributed by atoms with van der Waals surface area (Å²) in [7, 11) is 0. The predicted molar refractivity (Wildman–Crippen MR) is 95.5 cm³/mol. The van der Waals surface area contributed by atoms with Crippen molar-refractivity contribution in [2.45, 2.75) is 39.2 Å². The molecule has 0 radical (unpaired) electrons. The normalized spacial score (nSPS) is 25.2. The fraction of sp³-hybridized carbons (Fsp3) is 0.381. The monoisotopic (exact) mass is 334 g/mol. The maximum absolute atomic E-state index is 13.6. The second kappa shape index (κ2) is 5.70. The van der Waals surface area contributed by atoms with E-state index in [0.29, 0.717) is 6.54 Å². The van der Waals surface area contributed by atoms with Crippen LogP contribution >= 0.6 is 0 Å². The van der Waals surface area contributed by atoms with Crippen LogP contribution < -0.4 is 0 Å². The molecule has 2 aliphatic rings. The zero-order chi connectivity index (χ0) is 18.4. The molecule has 4 heteroatoms. The summed E-state index contributed by atoms with van der Waals surface area (Å²) in [5.41, 5.74) is -0.354. The summed E-state index contributed by atoms with van der Waals surface area (Å²) in [6.45, 7) is 8.04. The van der Waals surface area contributed by atoms with Gasteiger partial charge in [-0.1, -0.05) is 36.4 Å². The Kier molecular flexibility index (Phi) is 3.91. The Bertz CT molecular complexity index is 840. The lowest BCUT2D eigenvalue weighted by molar-refractivity contribution is -0.137. The van der Waals surface area contributed by atoms with E-state index in [4.69, 9.17) is 0 Å². The van der Waals surface area contributed by atoms with Gasteiger partial charge in [-0.3, -0.25) is 9.59 Å². The van der Waals surface area contributed by atoms with Gasteiger partial charge < -0.3 is 4.90 Å². The number of allylic oxidation sites excluding steroid dienone is 1. The fourth-order valence-corrected chi connectivity index (χ4v) is 4.00. The summed E-state index contributed by atoms with van der Waals surface area (Å²) in [4.78, 5) is 28.2. The van der Waals surface area contributed by atoms with E-state index in [9.17, 15) is 14.9 Å². The van der Waals surface area contributed by atoms with E-state index in [-0.39, 0.29) is 23.3 Å². The van der Waals surface area contributed by atoms with E-state index >= 15 is 0 Å². The Morgan fingerprint density at radius 2 is 1.80 bits per heavy atom. The van der Waals surface area contributed by atoms with Crippen LogP contribution in [0.4, 0.5) is 0 Å². The van der Waals surface area contributed by atoms with E-state index in [0.717, 1.165) is 11.1 Å². The van der Waals surface area contributed by atoms with Crippen LogP contribution in [0.2, 0.25) is 0 Å². The van der Waals surface area contributed by atoms with Crippen molar-refractivity contribution in [1.29, 1.82) is 5.26 Å². The first kappa shape index (κ1) is 17.2. The molecule has 25 heavy (non-hydrogen) atoms. The average molecular weight is 334 g/mol. The highest BCUT2D eigenvalue weighted by Crippen LogP contribution is 2.51. The van der Waals surface area contributed by atoms with Crippen molar-refractivity contribution in [2.24, 2.45) is 5.41 Å². The molecule has 0 saturated carbocycles. The van der Waals surface area contributed by atoms with Gasteiger partial charge >= 0.3 is 0 Å². The van der Waals surface area contributed by atoms with Gasteiger partial charge in [0, 0.05) is 12.6 Å². The van der Waals surface area contributed by atoms with Crippen LogP contribution in [0.3, 0.4) is 0 Å². The van der Waals surface area contributed by atoms with Crippen LogP contribution in [-0.2, 0) is 15.0 Å². The Labute approximate surface area is 148 Å². The zero-order valence-corrected chi connectivity index (χ0v) is 15.0. The fourth-order valence-electron chi connectivity index (χ4n) is 4.00. The van der Waals surface area contributed by atoms with E-state index < -0.39 is 10.8 Å². The van der Waals surface area contributed by atoms with Crippen molar-refractivity contribution < 1.29 is 9.59 Å². The first-order valence-corrected chi connectivity index (χ1v) is 8.52. The number of rotatable bonds is 2. The summed E-state index contributed by atoms with van der Waals surface area (Å²) < 4.78 is 0. The molecule has 128 valence electrons. The number of ketones is 1. The standard InChI is InChI=1S/C21H22N2O2/c1-14(2)23-11-10-17-20(3,4)18(24)15(13-22)12-21(17,19(23)25)16-8-6-5-7-9-16/h5-10,12,14H,11H2,1-4H3/t21-/m1/s1. The molecule has 1 aliphatic carbocycles. The van der Waals surface area contributed by atoms with Crippen molar-refractivity contribution in [3.8, 4) is 6.07 Å². The molecule has 4 nitrogen and oxygen atoms in total. The molecule has 1 atom stereocenters. The van der Waals surface area contributed by atoms with E-state index in [2.05, 4.69) is 0 Å². The third-order valence-electron chi connectivity index (χ3n) is 5.33. The highest BCUT2D eigenvalue weighted by atomic mass is 16.2. The molecular formula is C21H22N2O2. The van der Waals surface area contributed by atoms with Gasteiger partial charge in [-0.15, -0.1) is 0 Å². The summed E-state index contributed by atoms with van der Waals surface area (Å²) in [6, 6.07) is 11.5. The number of carbonyl (C=O) groups excluding carboxylic acids is 2. The highest BCUT2D eigenvalue weighted by Gasteiger charge is 2.57. The van der Waals surface area contributed by atoms with Crippen molar-refractivity contribution in [3.05, 3.63) is 59.2 Å². The Balaban J connectivity index is 2.39. The molecule has 0 saturated heterocycles. The van der Waals surface area contributed by atoms with Gasteiger partial charge in [-0.25, -0.2) is 0 Å². The predicted octanol–water partition coefficient (Wildman–Crippen LogP) is 3.16. The molecule has 0 unspecified atom stereocenters. The first-order chi connectivity index (χ1) is 11.8. The Hall–Kier alpha value is -2.67. The first-order valence-electron chi connectivity index (χ1n) is 8.52. The number of hydrogen-bond donors (Lipinski definition) is 0. The summed E-state index contributed by atoms with van der Waals surface area (Å²) in [5.74, 6) is -0.293. The van der Waals surface area contributed by atoms with Gasteiger partial charge in [0.1, 0.15) is 11.5 Å². The molecule has 1 heterocycles. The number of hydrogen-bond acceptors (Lipinski definition) is 3. The molecule has 0 spiro atoms. The van der Waals surface area contributed by atoms with Gasteiger partial charge in [0.15, 0.2) is 5.78 Å². The van der Waals surface area contributed by atoms with E-state index in [1.165, 1.54) is 0 Å². The topological polar surface area (TPSA) is 61.2 Å². The molecule has 1 aliphatic heterocycles. The number of nitrogens with zero attached hydrogens (tertiary/aromatic N) is 2. The summed E-state index contributed by atoms with van der Waals surface area (Å²) >= 11 is 0. The number of benzene rings is 1. The third-order valence-corrected chi connectivity index (χ3v) is 5.33. The van der Waals surface area contributed by atoms with Crippen LogP contribution in [-0.4, -0.2) is 29.2 Å². The van der Waals surface area contributed by atoms with Gasteiger partial charge in [0.2, 0.25) is 5.91 Å².